The summed E-state index contributed by atoms with van der Waals surface area (Å²) in [5.41, 5.74) is 1.91. The number of carboxylic acid groups (broad SMARTS) is 1. The highest BCUT2D eigenvalue weighted by Gasteiger charge is 2.29. The van der Waals surface area contributed by atoms with Gasteiger partial charge in [-0.1, -0.05) is 26.0 Å². The lowest BCUT2D eigenvalue weighted by Gasteiger charge is -2.20. The average Bonchev–Trinajstić information content (AvgIpc) is 2.55. The van der Waals surface area contributed by atoms with Crippen molar-refractivity contribution in [2.24, 2.45) is 11.8 Å². The topological polar surface area (TPSA) is 153 Å². The summed E-state index contributed by atoms with van der Waals surface area (Å²) < 4.78 is 0. The minimum atomic E-state index is -1.22. The molecule has 24 heavy (non-hydrogen) atoms. The first-order valence-corrected chi connectivity index (χ1v) is 7.12. The molecule has 0 aromatic heterocycles. The number of hydrazine groups is 1. The van der Waals surface area contributed by atoms with Crippen LogP contribution in [0, 0.1) is 16.0 Å². The highest BCUT2D eigenvalue weighted by atomic mass is 16.6. The van der Waals surface area contributed by atoms with Crippen molar-refractivity contribution in [1.82, 2.24) is 5.43 Å². The molecule has 9 nitrogen and oxygen atoms in total. The minimum Gasteiger partial charge on any atom is -0.464 e. The molecule has 0 radical (unpaired) electrons. The number of carbonyl (C=O) groups is 3. The first-order chi connectivity index (χ1) is 11.1. The van der Waals surface area contributed by atoms with Crippen molar-refractivity contribution < 1.29 is 24.4 Å². The molecule has 132 valence electrons. The van der Waals surface area contributed by atoms with Crippen LogP contribution in [-0.2, 0) is 9.59 Å². The van der Waals surface area contributed by atoms with E-state index in [1.54, 1.807) is 19.9 Å². The molecule has 0 aliphatic heterocycles. The van der Waals surface area contributed by atoms with E-state index in [1.807, 2.05) is 0 Å². The Labute approximate surface area is 139 Å². The Kier molecular flexibility index (Phi) is 8.88. The number of nitrogens with one attached hydrogen (secondary N) is 1. The number of non-ortho nitro benzene ring substituents is 1. The van der Waals surface area contributed by atoms with E-state index in [0.717, 1.165) is 0 Å². The van der Waals surface area contributed by atoms with E-state index in [-0.39, 0.29) is 17.3 Å². The van der Waals surface area contributed by atoms with Crippen molar-refractivity contribution in [3.05, 3.63) is 39.9 Å². The van der Waals surface area contributed by atoms with Gasteiger partial charge in [0, 0.05) is 24.5 Å². The molecule has 0 fully saturated rings. The Morgan fingerprint density at radius 3 is 2.29 bits per heavy atom. The van der Waals surface area contributed by atoms with E-state index < -0.39 is 22.9 Å². The summed E-state index contributed by atoms with van der Waals surface area (Å²) in [6.07, 6.45) is -0.921. The summed E-state index contributed by atoms with van der Waals surface area (Å²) in [6, 6.07) is 5.94. The zero-order valence-electron chi connectivity index (χ0n) is 13.7. The van der Waals surface area contributed by atoms with Crippen molar-refractivity contribution in [3.8, 4) is 0 Å². The fourth-order valence-corrected chi connectivity index (χ4v) is 2.04. The summed E-state index contributed by atoms with van der Waals surface area (Å²) in [5, 5.41) is 18.3. The van der Waals surface area contributed by atoms with Crippen molar-refractivity contribution >= 4 is 23.3 Å². The number of nitro benzene ring substituents is 1. The van der Waals surface area contributed by atoms with E-state index in [4.69, 9.17) is 9.90 Å². The fourth-order valence-electron chi connectivity index (χ4n) is 2.04. The Bertz CT molecular complexity index is 617. The van der Waals surface area contributed by atoms with Crippen LogP contribution in [0.2, 0.25) is 0 Å². The van der Waals surface area contributed by atoms with Crippen LogP contribution >= 0.6 is 0 Å². The van der Waals surface area contributed by atoms with Crippen LogP contribution < -0.4 is 11.3 Å². The first kappa shape index (κ1) is 21.2. The number of carbonyl (C=O) groups excluding carboxylic acids is 2. The van der Waals surface area contributed by atoms with Crippen LogP contribution in [0.25, 0.3) is 0 Å². The number of ketones is 2. The molecule has 9 heteroatoms. The second-order valence-corrected chi connectivity index (χ2v) is 5.00. The third-order valence-electron chi connectivity index (χ3n) is 3.40. The Balaban J connectivity index is 0.000000922. The van der Waals surface area contributed by atoms with Gasteiger partial charge in [-0.2, -0.15) is 0 Å². The molecule has 0 saturated heterocycles. The molecule has 1 aromatic rings. The van der Waals surface area contributed by atoms with Crippen molar-refractivity contribution in [2.75, 3.05) is 0 Å². The maximum atomic E-state index is 12.0. The van der Waals surface area contributed by atoms with Crippen LogP contribution in [0.4, 0.5) is 10.5 Å². The number of hydrogen-bond acceptors (Lipinski definition) is 6. The lowest BCUT2D eigenvalue weighted by Crippen LogP contribution is -2.27. The number of rotatable bonds is 6. The van der Waals surface area contributed by atoms with Crippen molar-refractivity contribution in [3.63, 3.8) is 0 Å². The number of nitrogens with two attached hydrogens (primary N) is 1. The van der Waals surface area contributed by atoms with E-state index in [9.17, 15) is 19.7 Å². The third kappa shape index (κ3) is 6.53. The molecule has 2 atom stereocenters. The van der Waals surface area contributed by atoms with Gasteiger partial charge >= 0.3 is 6.09 Å². The van der Waals surface area contributed by atoms with Gasteiger partial charge < -0.3 is 5.11 Å². The largest absolute Gasteiger partial charge is 0.464 e. The molecule has 0 aliphatic rings. The number of Topliss-reactive ketones (excluding diaryl/α,β-unsaturated/α-hetero) is 2. The molecular weight excluding hydrogens is 318 g/mol. The monoisotopic (exact) mass is 339 g/mol. The summed E-state index contributed by atoms with van der Waals surface area (Å²) in [4.78, 5) is 42.9. The highest BCUT2D eigenvalue weighted by molar-refractivity contribution is 5.92. The van der Waals surface area contributed by atoms with Gasteiger partial charge in [-0.25, -0.2) is 10.6 Å². The van der Waals surface area contributed by atoms with E-state index in [0.29, 0.717) is 12.0 Å². The van der Waals surface area contributed by atoms with Crippen LogP contribution in [0.3, 0.4) is 0 Å². The third-order valence-corrected chi connectivity index (χ3v) is 3.40. The SMILES string of the molecule is CCC(=O)C(c1cccc([N+](=O)[O-])c1)C(C)C(C)=O.NNC(=O)O. The zero-order chi connectivity index (χ0) is 18.9. The Morgan fingerprint density at radius 1 is 1.38 bits per heavy atom. The fraction of sp³-hybridized carbons (Fsp3) is 0.400. The average molecular weight is 339 g/mol. The summed E-state index contributed by atoms with van der Waals surface area (Å²) in [5.74, 6) is 3.06. The normalized spacial score (nSPS) is 12.2. The molecule has 0 saturated carbocycles. The highest BCUT2D eigenvalue weighted by Crippen LogP contribution is 2.29. The Hall–Kier alpha value is -2.81. The standard InChI is InChI=1S/C14H17NO4.CH4N2O2/c1-4-13(17)14(9(2)10(3)16)11-6-5-7-12(8-11)15(18)19;2-3-1(4)5/h5-9,14H,4H2,1-3H3;3H,2H2,(H,4,5). The number of nitrogens with zero attached hydrogens (tertiary/aromatic N) is 1. The van der Waals surface area contributed by atoms with Crippen LogP contribution in [-0.4, -0.2) is 27.7 Å². The molecule has 0 spiro atoms. The van der Waals surface area contributed by atoms with Gasteiger partial charge in [0.2, 0.25) is 0 Å². The van der Waals surface area contributed by atoms with Gasteiger partial charge in [-0.3, -0.25) is 25.1 Å². The number of hydrogen-bond donors (Lipinski definition) is 3. The van der Waals surface area contributed by atoms with Crippen LogP contribution in [0.1, 0.15) is 38.7 Å². The van der Waals surface area contributed by atoms with Gasteiger partial charge in [0.15, 0.2) is 0 Å². The second kappa shape index (κ2) is 10.1. The molecule has 1 rings (SSSR count). The van der Waals surface area contributed by atoms with E-state index in [1.165, 1.54) is 30.5 Å². The molecular formula is C15H21N3O6. The van der Waals surface area contributed by atoms with Gasteiger partial charge in [-0.15, -0.1) is 0 Å². The molecule has 0 bridgehead atoms. The predicted octanol–water partition coefficient (Wildman–Crippen LogP) is 2.01. The Morgan fingerprint density at radius 2 is 1.92 bits per heavy atom. The number of benzene rings is 1. The molecule has 2 unspecified atom stereocenters. The minimum absolute atomic E-state index is 0.0674. The molecule has 1 amide bonds. The van der Waals surface area contributed by atoms with Gasteiger partial charge in [0.25, 0.3) is 5.69 Å². The number of amides is 1. The zero-order valence-corrected chi connectivity index (χ0v) is 13.7. The molecule has 4 N–H and O–H groups in total. The summed E-state index contributed by atoms with van der Waals surface area (Å²) in [7, 11) is 0. The van der Waals surface area contributed by atoms with Crippen LogP contribution in [0.15, 0.2) is 24.3 Å². The predicted molar refractivity (Wildman–Crippen MR) is 86.3 cm³/mol. The quantitative estimate of drug-likeness (QED) is 0.310. The van der Waals surface area contributed by atoms with Gasteiger partial charge in [0.1, 0.15) is 11.6 Å². The molecule has 0 aliphatic carbocycles. The maximum Gasteiger partial charge on any atom is 0.418 e. The van der Waals surface area contributed by atoms with Crippen molar-refractivity contribution in [1.29, 1.82) is 0 Å². The first-order valence-electron chi connectivity index (χ1n) is 7.12. The van der Waals surface area contributed by atoms with E-state index >= 15 is 0 Å². The van der Waals surface area contributed by atoms with Crippen LogP contribution in [0.5, 0.6) is 0 Å². The summed E-state index contributed by atoms with van der Waals surface area (Å²) >= 11 is 0. The second-order valence-electron chi connectivity index (χ2n) is 5.00. The molecule has 0 heterocycles. The molecule has 1 aromatic carbocycles. The van der Waals surface area contributed by atoms with Gasteiger partial charge in [-0.05, 0) is 12.5 Å². The van der Waals surface area contributed by atoms with E-state index in [2.05, 4.69) is 5.84 Å². The number of nitro groups is 1. The van der Waals surface area contributed by atoms with Crippen molar-refractivity contribution in [2.45, 2.75) is 33.1 Å². The van der Waals surface area contributed by atoms with Gasteiger partial charge in [0.05, 0.1) is 10.8 Å². The smallest absolute Gasteiger partial charge is 0.418 e. The summed E-state index contributed by atoms with van der Waals surface area (Å²) in [6.45, 7) is 4.83. The lowest BCUT2D eigenvalue weighted by atomic mass is 9.81. The maximum absolute atomic E-state index is 12.0. The lowest BCUT2D eigenvalue weighted by molar-refractivity contribution is -0.384.